The highest BCUT2D eigenvalue weighted by atomic mass is 79.9. The van der Waals surface area contributed by atoms with E-state index in [1.807, 2.05) is 45.0 Å². The highest BCUT2D eigenvalue weighted by Gasteiger charge is 2.11. The van der Waals surface area contributed by atoms with Crippen molar-refractivity contribution in [1.82, 2.24) is 0 Å². The van der Waals surface area contributed by atoms with Crippen LogP contribution < -0.4 is 10.1 Å². The molecule has 2 rings (SSSR count). The largest absolute Gasteiger partial charge is 0.491 e. The Labute approximate surface area is 133 Å². The number of anilines is 1. The number of hydrogen-bond donors (Lipinski definition) is 1. The first kappa shape index (κ1) is 15.8. The van der Waals surface area contributed by atoms with E-state index < -0.39 is 0 Å². The van der Waals surface area contributed by atoms with Gasteiger partial charge >= 0.3 is 0 Å². The minimum Gasteiger partial charge on any atom is -0.491 e. The predicted molar refractivity (Wildman–Crippen MR) is 88.3 cm³/mol. The lowest BCUT2D eigenvalue weighted by molar-refractivity contribution is 0.242. The Hall–Kier alpha value is -1.55. The summed E-state index contributed by atoms with van der Waals surface area (Å²) in [5, 5.41) is 3.29. The summed E-state index contributed by atoms with van der Waals surface area (Å²) in [4.78, 5) is 0. The van der Waals surface area contributed by atoms with Gasteiger partial charge in [0.1, 0.15) is 11.6 Å². The van der Waals surface area contributed by atoms with Gasteiger partial charge in [0.15, 0.2) is 0 Å². The van der Waals surface area contributed by atoms with Gasteiger partial charge < -0.3 is 10.1 Å². The maximum Gasteiger partial charge on any atom is 0.128 e. The number of nitrogens with one attached hydrogen (secondary N) is 1. The van der Waals surface area contributed by atoms with Crippen LogP contribution in [-0.2, 0) is 0 Å². The number of benzene rings is 2. The lowest BCUT2D eigenvalue weighted by atomic mass is 10.1. The van der Waals surface area contributed by atoms with Crippen molar-refractivity contribution in [3.8, 4) is 5.75 Å². The number of rotatable bonds is 5. The van der Waals surface area contributed by atoms with Crippen LogP contribution in [0.2, 0.25) is 0 Å². The summed E-state index contributed by atoms with van der Waals surface area (Å²) < 4.78 is 20.3. The summed E-state index contributed by atoms with van der Waals surface area (Å²) in [5.74, 6) is 0.620. The molecule has 0 aliphatic carbocycles. The van der Waals surface area contributed by atoms with Crippen LogP contribution in [0.1, 0.15) is 32.4 Å². The minimum atomic E-state index is -0.210. The lowest BCUT2D eigenvalue weighted by Crippen LogP contribution is -2.09. The van der Waals surface area contributed by atoms with E-state index in [1.54, 1.807) is 12.1 Å². The van der Waals surface area contributed by atoms with E-state index in [1.165, 1.54) is 6.07 Å². The molecule has 4 heteroatoms. The van der Waals surface area contributed by atoms with E-state index in [4.69, 9.17) is 4.74 Å². The summed E-state index contributed by atoms with van der Waals surface area (Å²) in [6.07, 6.45) is 0.151. The molecule has 0 bridgehead atoms. The SMILES string of the molecule is CC(C)Oc1ccc(NC(C)c2cc(Br)ccc2F)cc1. The van der Waals surface area contributed by atoms with Gasteiger partial charge in [-0.25, -0.2) is 4.39 Å². The van der Waals surface area contributed by atoms with Gasteiger partial charge in [-0.15, -0.1) is 0 Å². The van der Waals surface area contributed by atoms with Crippen LogP contribution in [-0.4, -0.2) is 6.10 Å². The molecule has 0 amide bonds. The second kappa shape index (κ2) is 6.94. The van der Waals surface area contributed by atoms with Gasteiger partial charge in [-0.3, -0.25) is 0 Å². The first-order valence-corrected chi connectivity index (χ1v) is 7.73. The fraction of sp³-hybridized carbons (Fsp3) is 0.294. The van der Waals surface area contributed by atoms with Crippen LogP contribution in [0.3, 0.4) is 0 Å². The van der Waals surface area contributed by atoms with Crippen molar-refractivity contribution < 1.29 is 9.13 Å². The first-order valence-electron chi connectivity index (χ1n) is 6.94. The second-order valence-corrected chi connectivity index (χ2v) is 6.14. The van der Waals surface area contributed by atoms with E-state index in [0.717, 1.165) is 15.9 Å². The zero-order chi connectivity index (χ0) is 15.4. The van der Waals surface area contributed by atoms with Crippen LogP contribution in [0, 0.1) is 5.82 Å². The molecule has 0 radical (unpaired) electrons. The fourth-order valence-electron chi connectivity index (χ4n) is 2.08. The molecule has 0 aliphatic rings. The summed E-state index contributed by atoms with van der Waals surface area (Å²) in [5.41, 5.74) is 1.56. The molecule has 2 aromatic carbocycles. The minimum absolute atomic E-state index is 0.126. The summed E-state index contributed by atoms with van der Waals surface area (Å²) in [6, 6.07) is 12.5. The Morgan fingerprint density at radius 2 is 1.71 bits per heavy atom. The molecule has 2 nitrogen and oxygen atoms in total. The molecule has 21 heavy (non-hydrogen) atoms. The second-order valence-electron chi connectivity index (χ2n) is 5.22. The normalized spacial score (nSPS) is 12.3. The Morgan fingerprint density at radius 1 is 1.05 bits per heavy atom. The van der Waals surface area contributed by atoms with Crippen molar-refractivity contribution in [1.29, 1.82) is 0 Å². The molecule has 0 saturated carbocycles. The molecule has 2 aromatic rings. The van der Waals surface area contributed by atoms with Crippen molar-refractivity contribution in [3.63, 3.8) is 0 Å². The molecular formula is C17H19BrFNO. The highest BCUT2D eigenvalue weighted by molar-refractivity contribution is 9.10. The van der Waals surface area contributed by atoms with Gasteiger partial charge in [0, 0.05) is 15.7 Å². The van der Waals surface area contributed by atoms with Crippen LogP contribution in [0.4, 0.5) is 10.1 Å². The molecule has 0 heterocycles. The summed E-state index contributed by atoms with van der Waals surface area (Å²) in [7, 11) is 0. The van der Waals surface area contributed by atoms with Crippen molar-refractivity contribution in [2.75, 3.05) is 5.32 Å². The highest BCUT2D eigenvalue weighted by Crippen LogP contribution is 2.26. The van der Waals surface area contributed by atoms with Gasteiger partial charge in [0.05, 0.1) is 12.1 Å². The predicted octanol–water partition coefficient (Wildman–Crippen LogP) is 5.55. The number of hydrogen-bond acceptors (Lipinski definition) is 2. The quantitative estimate of drug-likeness (QED) is 0.762. The molecule has 0 spiro atoms. The number of ether oxygens (including phenoxy) is 1. The summed E-state index contributed by atoms with van der Waals surface area (Å²) in [6.45, 7) is 5.91. The Morgan fingerprint density at radius 3 is 2.33 bits per heavy atom. The van der Waals surface area contributed by atoms with Crippen molar-refractivity contribution in [3.05, 3.63) is 58.3 Å². The van der Waals surface area contributed by atoms with Gasteiger partial charge in [-0.1, -0.05) is 15.9 Å². The third-order valence-corrected chi connectivity index (χ3v) is 3.53. The third-order valence-electron chi connectivity index (χ3n) is 3.03. The van der Waals surface area contributed by atoms with E-state index in [9.17, 15) is 4.39 Å². The topological polar surface area (TPSA) is 21.3 Å². The smallest absolute Gasteiger partial charge is 0.128 e. The molecule has 0 saturated heterocycles. The maximum absolute atomic E-state index is 13.8. The van der Waals surface area contributed by atoms with E-state index in [2.05, 4.69) is 21.2 Å². The third kappa shape index (κ3) is 4.46. The van der Waals surface area contributed by atoms with Gasteiger partial charge in [0.2, 0.25) is 0 Å². The molecule has 1 unspecified atom stereocenters. The monoisotopic (exact) mass is 351 g/mol. The first-order chi connectivity index (χ1) is 9.95. The van der Waals surface area contributed by atoms with Gasteiger partial charge in [-0.05, 0) is 63.2 Å². The van der Waals surface area contributed by atoms with Crippen molar-refractivity contribution in [2.24, 2.45) is 0 Å². The Kier molecular flexibility index (Phi) is 5.23. The van der Waals surface area contributed by atoms with E-state index in [-0.39, 0.29) is 18.0 Å². The standard InChI is InChI=1S/C17H19BrFNO/c1-11(2)21-15-7-5-14(6-8-15)20-12(3)16-10-13(18)4-9-17(16)19/h4-12,20H,1-3H3. The van der Waals surface area contributed by atoms with Crippen molar-refractivity contribution >= 4 is 21.6 Å². The molecule has 1 atom stereocenters. The Balaban J connectivity index is 2.08. The zero-order valence-electron chi connectivity index (χ0n) is 12.4. The van der Waals surface area contributed by atoms with Gasteiger partial charge in [0.25, 0.3) is 0 Å². The van der Waals surface area contributed by atoms with Crippen LogP contribution in [0.5, 0.6) is 5.75 Å². The number of halogens is 2. The van der Waals surface area contributed by atoms with Crippen LogP contribution in [0.15, 0.2) is 46.9 Å². The van der Waals surface area contributed by atoms with Crippen LogP contribution in [0.25, 0.3) is 0 Å². The molecule has 1 N–H and O–H groups in total. The molecule has 0 aliphatic heterocycles. The molecule has 0 fully saturated rings. The Bertz CT molecular complexity index is 598. The summed E-state index contributed by atoms with van der Waals surface area (Å²) >= 11 is 3.37. The van der Waals surface area contributed by atoms with E-state index in [0.29, 0.717) is 5.56 Å². The molecule has 112 valence electrons. The lowest BCUT2D eigenvalue weighted by Gasteiger charge is -2.17. The zero-order valence-corrected chi connectivity index (χ0v) is 13.9. The molecular weight excluding hydrogens is 333 g/mol. The maximum atomic E-state index is 13.8. The fourth-order valence-corrected chi connectivity index (χ4v) is 2.45. The van der Waals surface area contributed by atoms with Crippen LogP contribution >= 0.6 is 15.9 Å². The molecule has 0 aromatic heterocycles. The van der Waals surface area contributed by atoms with Gasteiger partial charge in [-0.2, -0.15) is 0 Å². The average molecular weight is 352 g/mol. The van der Waals surface area contributed by atoms with Crippen molar-refractivity contribution in [2.45, 2.75) is 32.9 Å². The average Bonchev–Trinajstić information content (AvgIpc) is 2.43. The van der Waals surface area contributed by atoms with E-state index >= 15 is 0 Å².